The smallest absolute Gasteiger partial charge is 0.407 e. The number of rotatable bonds is 10. The van der Waals surface area contributed by atoms with E-state index in [4.69, 9.17) is 10.00 Å². The first-order chi connectivity index (χ1) is 16.3. The van der Waals surface area contributed by atoms with Crippen molar-refractivity contribution in [1.29, 1.82) is 5.26 Å². The summed E-state index contributed by atoms with van der Waals surface area (Å²) in [6, 6.07) is 15.8. The molecule has 2 amide bonds. The Bertz CT molecular complexity index is 1050. The summed E-state index contributed by atoms with van der Waals surface area (Å²) in [7, 11) is 0. The number of nitrogens with zero attached hydrogens (tertiary/aromatic N) is 1. The minimum atomic E-state index is -1.15. The van der Waals surface area contributed by atoms with Gasteiger partial charge in [0, 0.05) is 12.3 Å². The molecule has 1 aliphatic rings. The molecule has 0 fully saturated rings. The van der Waals surface area contributed by atoms with E-state index in [1.807, 2.05) is 54.6 Å². The van der Waals surface area contributed by atoms with Gasteiger partial charge in [-0.2, -0.15) is 5.26 Å². The largest absolute Gasteiger partial charge is 0.480 e. The predicted molar refractivity (Wildman–Crippen MR) is 126 cm³/mol. The number of ether oxygens (including phenoxy) is 1. The molecule has 0 bridgehead atoms. The van der Waals surface area contributed by atoms with Crippen molar-refractivity contribution < 1.29 is 24.2 Å². The van der Waals surface area contributed by atoms with Gasteiger partial charge >= 0.3 is 12.1 Å². The molecule has 3 rings (SSSR count). The monoisotopic (exact) mass is 463 g/mol. The molecule has 178 valence electrons. The van der Waals surface area contributed by atoms with Gasteiger partial charge in [-0.05, 0) is 41.0 Å². The number of hydrogen-bond donors (Lipinski definition) is 3. The quantitative estimate of drug-likeness (QED) is 0.460. The molecule has 0 spiro atoms. The van der Waals surface area contributed by atoms with Crippen LogP contribution >= 0.6 is 0 Å². The van der Waals surface area contributed by atoms with Gasteiger partial charge in [-0.15, -0.1) is 0 Å². The summed E-state index contributed by atoms with van der Waals surface area (Å²) >= 11 is 0. The van der Waals surface area contributed by atoms with Crippen molar-refractivity contribution in [3.63, 3.8) is 0 Å². The lowest BCUT2D eigenvalue weighted by Crippen LogP contribution is -2.53. The molecule has 0 saturated carbocycles. The van der Waals surface area contributed by atoms with Crippen LogP contribution < -0.4 is 10.6 Å². The number of nitrogens with one attached hydrogen (secondary N) is 2. The third kappa shape index (κ3) is 5.73. The summed E-state index contributed by atoms with van der Waals surface area (Å²) < 4.78 is 5.52. The van der Waals surface area contributed by atoms with E-state index in [-0.39, 0.29) is 31.3 Å². The molecule has 0 heterocycles. The molecule has 8 heteroatoms. The number of alkyl carbamates (subject to hydrolysis) is 1. The molecule has 1 aliphatic carbocycles. The van der Waals surface area contributed by atoms with Gasteiger partial charge in [-0.25, -0.2) is 9.59 Å². The molecular weight excluding hydrogens is 434 g/mol. The average Bonchev–Trinajstić information content (AvgIpc) is 3.14. The zero-order chi connectivity index (χ0) is 24.7. The van der Waals surface area contributed by atoms with Crippen LogP contribution in [-0.2, 0) is 14.3 Å². The first-order valence-electron chi connectivity index (χ1n) is 11.3. The van der Waals surface area contributed by atoms with Crippen molar-refractivity contribution in [3.05, 3.63) is 59.7 Å². The molecule has 3 N–H and O–H groups in total. The second-order valence-electron chi connectivity index (χ2n) is 8.64. The molecule has 0 aliphatic heterocycles. The van der Waals surface area contributed by atoms with E-state index < -0.39 is 30.1 Å². The van der Waals surface area contributed by atoms with Crippen LogP contribution in [0.25, 0.3) is 11.1 Å². The van der Waals surface area contributed by atoms with Crippen molar-refractivity contribution in [1.82, 2.24) is 10.6 Å². The molecule has 0 aromatic heterocycles. The Kier molecular flexibility index (Phi) is 8.25. The molecule has 8 nitrogen and oxygen atoms in total. The van der Waals surface area contributed by atoms with Crippen molar-refractivity contribution in [3.8, 4) is 17.2 Å². The number of benzene rings is 2. The Morgan fingerprint density at radius 2 is 1.62 bits per heavy atom. The SMILES string of the molecule is CC(C)[C@@H](NC(=O)C(CCCC#N)NC(=O)OCC1c2ccccc2-c2ccccc21)C(=O)O. The standard InChI is InChI=1S/C26H29N3O5/c1-16(2)23(25(31)32)29-24(30)22(13-7-8-14-27)28-26(33)34-15-21-19-11-5-3-9-17(19)18-10-4-6-12-20(18)21/h3-6,9-12,16,21-23H,7-8,13,15H2,1-2H3,(H,28,33)(H,29,30)(H,31,32)/t22?,23-/m1/s1. The molecule has 34 heavy (non-hydrogen) atoms. The third-order valence-electron chi connectivity index (χ3n) is 5.96. The van der Waals surface area contributed by atoms with Crippen molar-refractivity contribution in [2.75, 3.05) is 6.61 Å². The number of unbranched alkanes of at least 4 members (excludes halogenated alkanes) is 1. The van der Waals surface area contributed by atoms with E-state index in [1.165, 1.54) is 0 Å². The Labute approximate surface area is 198 Å². The fourth-order valence-corrected chi connectivity index (χ4v) is 4.20. The van der Waals surface area contributed by atoms with Gasteiger partial charge in [0.2, 0.25) is 5.91 Å². The summed E-state index contributed by atoms with van der Waals surface area (Å²) in [5.41, 5.74) is 4.35. The second kappa shape index (κ2) is 11.3. The molecule has 2 aromatic rings. The van der Waals surface area contributed by atoms with E-state index in [0.717, 1.165) is 22.3 Å². The van der Waals surface area contributed by atoms with E-state index in [9.17, 15) is 19.5 Å². The van der Waals surface area contributed by atoms with Gasteiger partial charge in [0.25, 0.3) is 0 Å². The lowest BCUT2D eigenvalue weighted by Gasteiger charge is -2.23. The van der Waals surface area contributed by atoms with Crippen LogP contribution in [0.4, 0.5) is 4.79 Å². The lowest BCUT2D eigenvalue weighted by molar-refractivity contribution is -0.143. The minimum absolute atomic E-state index is 0.0934. The van der Waals surface area contributed by atoms with E-state index >= 15 is 0 Å². The van der Waals surface area contributed by atoms with Gasteiger partial charge in [-0.3, -0.25) is 4.79 Å². The fraction of sp³-hybridized carbons (Fsp3) is 0.385. The van der Waals surface area contributed by atoms with E-state index in [2.05, 4.69) is 10.6 Å². The summed E-state index contributed by atoms with van der Waals surface area (Å²) in [6.45, 7) is 3.46. The normalized spacial score (nSPS) is 13.8. The maximum absolute atomic E-state index is 12.8. The first kappa shape index (κ1) is 24.8. The van der Waals surface area contributed by atoms with Crippen LogP contribution in [0.2, 0.25) is 0 Å². The van der Waals surface area contributed by atoms with Crippen LogP contribution in [0, 0.1) is 17.2 Å². The fourth-order valence-electron chi connectivity index (χ4n) is 4.20. The minimum Gasteiger partial charge on any atom is -0.480 e. The number of carboxylic acids is 1. The van der Waals surface area contributed by atoms with Gasteiger partial charge in [-0.1, -0.05) is 62.4 Å². The highest BCUT2D eigenvalue weighted by Crippen LogP contribution is 2.44. The number of hydrogen-bond acceptors (Lipinski definition) is 5. The number of amides is 2. The van der Waals surface area contributed by atoms with Crippen LogP contribution in [0.3, 0.4) is 0 Å². The summed E-state index contributed by atoms with van der Waals surface area (Å²) in [6.07, 6.45) is 0.00404. The van der Waals surface area contributed by atoms with Gasteiger partial charge < -0.3 is 20.5 Å². The Morgan fingerprint density at radius 3 is 2.15 bits per heavy atom. The van der Waals surface area contributed by atoms with E-state index in [0.29, 0.717) is 6.42 Å². The van der Waals surface area contributed by atoms with Gasteiger partial charge in [0.1, 0.15) is 18.7 Å². The highest BCUT2D eigenvalue weighted by Gasteiger charge is 2.31. The lowest BCUT2D eigenvalue weighted by atomic mass is 9.98. The van der Waals surface area contributed by atoms with Crippen LogP contribution in [0.1, 0.15) is 50.2 Å². The number of carbonyl (C=O) groups excluding carboxylic acids is 2. The maximum atomic E-state index is 12.8. The zero-order valence-corrected chi connectivity index (χ0v) is 19.3. The molecule has 2 atom stereocenters. The maximum Gasteiger partial charge on any atom is 0.407 e. The zero-order valence-electron chi connectivity index (χ0n) is 19.3. The summed E-state index contributed by atoms with van der Waals surface area (Å²) in [5.74, 6) is -2.23. The molecule has 0 radical (unpaired) electrons. The number of aliphatic carboxylic acids is 1. The number of carbonyl (C=O) groups is 3. The number of carboxylic acid groups (broad SMARTS) is 1. The first-order valence-corrected chi connectivity index (χ1v) is 11.3. The number of nitriles is 1. The van der Waals surface area contributed by atoms with Crippen molar-refractivity contribution >= 4 is 18.0 Å². The summed E-state index contributed by atoms with van der Waals surface area (Å²) in [4.78, 5) is 36.8. The number of fused-ring (bicyclic) bond motifs is 3. The molecule has 0 saturated heterocycles. The predicted octanol–water partition coefficient (Wildman–Crippen LogP) is 3.81. The van der Waals surface area contributed by atoms with Crippen molar-refractivity contribution in [2.45, 2.75) is 51.1 Å². The van der Waals surface area contributed by atoms with Crippen molar-refractivity contribution in [2.24, 2.45) is 5.92 Å². The average molecular weight is 464 g/mol. The molecular formula is C26H29N3O5. The topological polar surface area (TPSA) is 129 Å². The van der Waals surface area contributed by atoms with E-state index in [1.54, 1.807) is 13.8 Å². The molecule has 2 aromatic carbocycles. The Morgan fingerprint density at radius 1 is 1.03 bits per heavy atom. The van der Waals surface area contributed by atoms with Gasteiger partial charge in [0.15, 0.2) is 0 Å². The van der Waals surface area contributed by atoms with Crippen LogP contribution in [0.5, 0.6) is 0 Å². The third-order valence-corrected chi connectivity index (χ3v) is 5.96. The summed E-state index contributed by atoms with van der Waals surface area (Å²) in [5, 5.41) is 23.2. The molecule has 1 unspecified atom stereocenters. The van der Waals surface area contributed by atoms with Crippen LogP contribution in [0.15, 0.2) is 48.5 Å². The second-order valence-corrected chi connectivity index (χ2v) is 8.64. The van der Waals surface area contributed by atoms with Gasteiger partial charge in [0.05, 0.1) is 6.07 Å². The Hall–Kier alpha value is -3.86. The highest BCUT2D eigenvalue weighted by molar-refractivity contribution is 5.89. The Balaban J connectivity index is 1.67. The highest BCUT2D eigenvalue weighted by atomic mass is 16.5. The van der Waals surface area contributed by atoms with Crippen LogP contribution in [-0.4, -0.2) is 41.8 Å².